The van der Waals surface area contributed by atoms with Crippen LogP contribution in [0.4, 0.5) is 0 Å². The van der Waals surface area contributed by atoms with Gasteiger partial charge in [-0.2, -0.15) is 0 Å². The smallest absolute Gasteiger partial charge is 0.214 e. The fraction of sp³-hybridized carbons (Fsp3) is 0. The molecule has 4 heavy (non-hydrogen) atoms. The van der Waals surface area contributed by atoms with Gasteiger partial charge in [0.25, 0.3) is 9.51 Å². The molecule has 1 atom stereocenters. The highest BCUT2D eigenvalue weighted by molar-refractivity contribution is 9.45. The van der Waals surface area contributed by atoms with Gasteiger partial charge in [0.15, 0.2) is 0 Å². The van der Waals surface area contributed by atoms with Crippen molar-refractivity contribution in [3.05, 3.63) is 0 Å². The maximum absolute atomic E-state index is 8.92. The lowest BCUT2D eigenvalue weighted by atomic mass is 15.9. The Kier molecular flexibility index (Phi) is 2.14. The van der Waals surface area contributed by atoms with Gasteiger partial charge in [-0.15, -0.1) is 4.55 Å². The van der Waals surface area contributed by atoms with Gasteiger partial charge in [-0.3, -0.25) is 0 Å². The molecule has 0 fully saturated rings. The van der Waals surface area contributed by atoms with Crippen molar-refractivity contribution in [2.24, 2.45) is 0 Å². The third kappa shape index (κ3) is 18.8. The van der Waals surface area contributed by atoms with Crippen molar-refractivity contribution in [1.82, 2.24) is 0 Å². The van der Waals surface area contributed by atoms with E-state index in [4.69, 9.17) is 8.76 Å². The maximum Gasteiger partial charge on any atom is 0.258 e. The van der Waals surface area contributed by atoms with E-state index in [1.165, 1.54) is 0 Å². The summed E-state index contributed by atoms with van der Waals surface area (Å²) in [6, 6.07) is 0. The van der Waals surface area contributed by atoms with Gasteiger partial charge >= 0.3 is 0 Å². The minimum absolute atomic E-state index is 2.05. The van der Waals surface area contributed by atoms with Gasteiger partial charge in [0.2, 0.25) is 0 Å². The zero-order valence-corrected chi connectivity index (χ0v) is 4.01. The Bertz CT molecular complexity index is 29.0. The minimum Gasteiger partial charge on any atom is -0.214 e. The standard InChI is InChI=1S/BrO2S/c1-4(2)3. The van der Waals surface area contributed by atoms with E-state index in [1.54, 1.807) is 0 Å². The Labute approximate surface area is 33.7 Å². The van der Waals surface area contributed by atoms with Crippen LogP contribution in [-0.2, 0) is 14.1 Å². The Hall–Kier alpha value is 0.590. The van der Waals surface area contributed by atoms with Gasteiger partial charge in [0.05, 0.1) is 14.8 Å². The number of hydrogen-bond acceptors (Lipinski definition) is 1. The third-order valence-corrected chi connectivity index (χ3v) is 0. The van der Waals surface area contributed by atoms with E-state index >= 15 is 0 Å². The quantitative estimate of drug-likeness (QED) is 0.453. The van der Waals surface area contributed by atoms with E-state index in [-0.39, 0.29) is 0 Å². The monoisotopic (exact) mass is 143 g/mol. The molecule has 0 aromatic rings. The Balaban J connectivity index is 2.80. The Morgan fingerprint density at radius 3 is 1.75 bits per heavy atom. The molecule has 0 saturated carbocycles. The molecule has 1 unspecified atom stereocenters. The van der Waals surface area contributed by atoms with Crippen molar-refractivity contribution in [3.63, 3.8) is 0 Å². The van der Waals surface area contributed by atoms with Crippen LogP contribution >= 0.6 is 14.8 Å². The molecule has 0 spiro atoms. The predicted molar refractivity (Wildman–Crippen MR) is 17.8 cm³/mol. The van der Waals surface area contributed by atoms with Gasteiger partial charge in [-0.25, -0.2) is 4.21 Å². The third-order valence-electron chi connectivity index (χ3n) is 0. The van der Waals surface area contributed by atoms with E-state index in [2.05, 4.69) is 14.8 Å². The van der Waals surface area contributed by atoms with E-state index in [0.717, 1.165) is 0 Å². The summed E-state index contributed by atoms with van der Waals surface area (Å²) in [7, 11) is -2.05. The average Bonchev–Trinajstić information content (AvgIpc) is 0.811. The van der Waals surface area contributed by atoms with Crippen LogP contribution in [0.25, 0.3) is 0 Å². The first-order valence-corrected chi connectivity index (χ1v) is 3.41. The summed E-state index contributed by atoms with van der Waals surface area (Å²) in [4.78, 5) is 0. The van der Waals surface area contributed by atoms with Crippen molar-refractivity contribution < 1.29 is 8.76 Å². The lowest BCUT2D eigenvalue weighted by Gasteiger charge is -1.49. The van der Waals surface area contributed by atoms with Crippen LogP contribution in [0.5, 0.6) is 0 Å². The van der Waals surface area contributed by atoms with E-state index in [9.17, 15) is 0 Å². The first-order chi connectivity index (χ1) is 1.73. The molecule has 0 aromatic carbocycles. The lowest BCUT2D eigenvalue weighted by Crippen LogP contribution is -1.54. The van der Waals surface area contributed by atoms with Crippen LogP contribution in [-0.4, -0.2) is 4.21 Å². The summed E-state index contributed by atoms with van der Waals surface area (Å²) in [5, 5.41) is 0. The zero-order chi connectivity index (χ0) is 3.58. The van der Waals surface area contributed by atoms with E-state index in [0.29, 0.717) is 0 Å². The molecular weight excluding hydrogens is 144 g/mol. The largest absolute Gasteiger partial charge is 0.258 e. The highest BCUT2D eigenvalue weighted by atomic mass is 79.9. The fourth-order valence-corrected chi connectivity index (χ4v) is 0. The molecule has 0 aliphatic rings. The first-order valence-electron chi connectivity index (χ1n) is 0.488. The fourth-order valence-electron chi connectivity index (χ4n) is 0. The molecule has 0 rings (SSSR count). The molecule has 0 saturated heterocycles. The predicted octanol–water partition coefficient (Wildman–Crippen LogP) is 0.391. The van der Waals surface area contributed by atoms with Crippen LogP contribution in [0.3, 0.4) is 0 Å². The summed E-state index contributed by atoms with van der Waals surface area (Å²) < 4.78 is 17.8. The second-order valence-corrected chi connectivity index (χ2v) is 2.17. The maximum atomic E-state index is 8.92. The Morgan fingerprint density at radius 2 is 1.75 bits per heavy atom. The normalized spacial score (nSPS) is 15.5. The number of halogens is 1. The van der Waals surface area contributed by atoms with E-state index in [1.807, 2.05) is 0 Å². The van der Waals surface area contributed by atoms with Crippen LogP contribution in [0, 0.1) is 0 Å². The van der Waals surface area contributed by atoms with Gasteiger partial charge in [0, 0.05) is 0 Å². The second kappa shape index (κ2) is 1.87. The van der Waals surface area contributed by atoms with Crippen LogP contribution in [0.2, 0.25) is 0 Å². The number of hydrogen-bond donors (Lipinski definition) is 0. The van der Waals surface area contributed by atoms with Crippen LogP contribution in [0.15, 0.2) is 0 Å². The minimum atomic E-state index is -2.05. The van der Waals surface area contributed by atoms with Gasteiger partial charge < -0.3 is 0 Å². The summed E-state index contributed by atoms with van der Waals surface area (Å²) in [6.45, 7) is 0. The molecule has 25 valence electrons. The van der Waals surface area contributed by atoms with Crippen LogP contribution < -0.4 is 0 Å². The molecule has 0 bridgehead atoms. The van der Waals surface area contributed by atoms with Gasteiger partial charge in [-0.1, -0.05) is 0 Å². The lowest BCUT2D eigenvalue weighted by molar-refractivity contribution is 0.489. The van der Waals surface area contributed by atoms with Crippen molar-refractivity contribution in [1.29, 1.82) is 0 Å². The molecule has 0 aromatic heterocycles. The van der Waals surface area contributed by atoms with Crippen molar-refractivity contribution >= 4 is 24.3 Å². The van der Waals surface area contributed by atoms with Gasteiger partial charge in [-0.05, 0) is 0 Å². The second-order valence-electron chi connectivity index (χ2n) is 0.194. The molecule has 0 N–H and O–H groups in total. The van der Waals surface area contributed by atoms with Gasteiger partial charge in [0.1, 0.15) is 0 Å². The van der Waals surface area contributed by atoms with Crippen molar-refractivity contribution in [2.45, 2.75) is 0 Å². The molecule has 0 heterocycles. The summed E-state index contributed by atoms with van der Waals surface area (Å²) in [5.41, 5.74) is 0. The molecule has 0 aliphatic heterocycles. The Morgan fingerprint density at radius 1 is 1.75 bits per heavy atom. The molecule has 2 nitrogen and oxygen atoms in total. The van der Waals surface area contributed by atoms with Crippen molar-refractivity contribution in [2.75, 3.05) is 0 Å². The van der Waals surface area contributed by atoms with Crippen molar-refractivity contribution in [3.8, 4) is 0 Å². The van der Waals surface area contributed by atoms with Crippen LogP contribution in [0.1, 0.15) is 0 Å². The zero-order valence-electron chi connectivity index (χ0n) is 1.60. The molecule has 1 radical (unpaired) electrons. The summed E-state index contributed by atoms with van der Waals surface area (Å²) >= 11 is 2.19. The molecule has 0 aliphatic carbocycles. The SMILES string of the molecule is [O]S(=O)Br. The number of rotatable bonds is 0. The highest BCUT2D eigenvalue weighted by Crippen LogP contribution is 1.80. The topological polar surface area (TPSA) is 37.0 Å². The van der Waals surface area contributed by atoms with E-state index < -0.39 is 9.51 Å². The molecule has 4 heteroatoms. The summed E-state index contributed by atoms with van der Waals surface area (Å²) in [6.07, 6.45) is 0. The first kappa shape index (κ1) is 4.59. The molecular formula is BrO2S. The average molecular weight is 144 g/mol. The highest BCUT2D eigenvalue weighted by Gasteiger charge is 1.69. The molecule has 0 amide bonds. The summed E-state index contributed by atoms with van der Waals surface area (Å²) in [5.74, 6) is 0.